The number of guanidine groups is 1. The van der Waals surface area contributed by atoms with Crippen LogP contribution in [-0.2, 0) is 13.1 Å². The minimum atomic E-state index is 0.482. The Balaban J connectivity index is 1.50. The standard InChI is InChI=1S/C24H37N5S/c1-4-25-24(27-22-13-15-29(16-14-22)23-8-7-17-30-23)26-18-20-9-11-21(12-10-20)19-28(5-2)6-3/h7-12,17,22H,4-6,13-16,18-19H2,1-3H3,(H2,25,26,27). The van der Waals surface area contributed by atoms with E-state index < -0.39 is 0 Å². The lowest BCUT2D eigenvalue weighted by atomic mass is 10.1. The summed E-state index contributed by atoms with van der Waals surface area (Å²) in [4.78, 5) is 9.77. The topological polar surface area (TPSA) is 42.9 Å². The second-order valence-corrected chi connectivity index (χ2v) is 8.76. The van der Waals surface area contributed by atoms with Crippen LogP contribution in [0.4, 0.5) is 5.00 Å². The molecule has 2 aromatic rings. The van der Waals surface area contributed by atoms with Crippen LogP contribution in [0.15, 0.2) is 46.8 Å². The van der Waals surface area contributed by atoms with Crippen molar-refractivity contribution < 1.29 is 0 Å². The monoisotopic (exact) mass is 427 g/mol. The van der Waals surface area contributed by atoms with Gasteiger partial charge in [0.25, 0.3) is 0 Å². The highest BCUT2D eigenvalue weighted by atomic mass is 32.1. The van der Waals surface area contributed by atoms with Crippen molar-refractivity contribution in [2.75, 3.05) is 37.6 Å². The maximum Gasteiger partial charge on any atom is 0.191 e. The first-order chi connectivity index (χ1) is 14.7. The van der Waals surface area contributed by atoms with E-state index in [1.54, 1.807) is 0 Å². The predicted octanol–water partition coefficient (Wildman–Crippen LogP) is 4.31. The van der Waals surface area contributed by atoms with Gasteiger partial charge in [-0.25, -0.2) is 4.99 Å². The number of hydrogen-bond donors (Lipinski definition) is 2. The van der Waals surface area contributed by atoms with Gasteiger partial charge in [0.1, 0.15) is 0 Å². The normalized spacial score (nSPS) is 15.6. The molecule has 164 valence electrons. The molecule has 2 heterocycles. The van der Waals surface area contributed by atoms with Gasteiger partial charge in [-0.1, -0.05) is 38.1 Å². The average molecular weight is 428 g/mol. The lowest BCUT2D eigenvalue weighted by molar-refractivity contribution is 0.296. The molecule has 0 aliphatic carbocycles. The second-order valence-electron chi connectivity index (χ2n) is 7.83. The predicted molar refractivity (Wildman–Crippen MR) is 131 cm³/mol. The van der Waals surface area contributed by atoms with E-state index in [0.717, 1.165) is 58.1 Å². The highest BCUT2D eigenvalue weighted by Crippen LogP contribution is 2.24. The van der Waals surface area contributed by atoms with Gasteiger partial charge in [-0.05, 0) is 61.5 Å². The third kappa shape index (κ3) is 6.74. The molecule has 0 radical (unpaired) electrons. The summed E-state index contributed by atoms with van der Waals surface area (Å²) in [6.45, 7) is 13.5. The smallest absolute Gasteiger partial charge is 0.191 e. The fraction of sp³-hybridized carbons (Fsp3) is 0.542. The van der Waals surface area contributed by atoms with Gasteiger partial charge in [-0.15, -0.1) is 11.3 Å². The fourth-order valence-electron chi connectivity index (χ4n) is 3.83. The van der Waals surface area contributed by atoms with Crippen molar-refractivity contribution in [2.24, 2.45) is 4.99 Å². The Morgan fingerprint density at radius 3 is 2.37 bits per heavy atom. The summed E-state index contributed by atoms with van der Waals surface area (Å²) < 4.78 is 0. The summed E-state index contributed by atoms with van der Waals surface area (Å²) in [7, 11) is 0. The molecule has 3 rings (SSSR count). The quantitative estimate of drug-likeness (QED) is 0.462. The molecule has 1 aliphatic rings. The van der Waals surface area contributed by atoms with Gasteiger partial charge in [-0.2, -0.15) is 0 Å². The van der Waals surface area contributed by atoms with Crippen LogP contribution in [0, 0.1) is 0 Å². The van der Waals surface area contributed by atoms with Gasteiger partial charge in [-0.3, -0.25) is 4.90 Å². The largest absolute Gasteiger partial charge is 0.363 e. The molecule has 1 fully saturated rings. The Bertz CT molecular complexity index is 744. The first kappa shape index (κ1) is 22.6. The second kappa shape index (κ2) is 12.0. The highest BCUT2D eigenvalue weighted by molar-refractivity contribution is 7.14. The van der Waals surface area contributed by atoms with E-state index in [9.17, 15) is 0 Å². The van der Waals surface area contributed by atoms with Gasteiger partial charge in [0.05, 0.1) is 11.5 Å². The summed E-state index contributed by atoms with van der Waals surface area (Å²) in [5.74, 6) is 0.930. The van der Waals surface area contributed by atoms with Crippen LogP contribution < -0.4 is 15.5 Å². The molecule has 1 aromatic carbocycles. The summed E-state index contributed by atoms with van der Waals surface area (Å²) in [5.41, 5.74) is 2.62. The number of nitrogens with zero attached hydrogens (tertiary/aromatic N) is 3. The molecule has 6 heteroatoms. The maximum absolute atomic E-state index is 4.84. The van der Waals surface area contributed by atoms with Gasteiger partial charge in [0.2, 0.25) is 0 Å². The Morgan fingerprint density at radius 2 is 1.77 bits per heavy atom. The van der Waals surface area contributed by atoms with Crippen LogP contribution in [0.25, 0.3) is 0 Å². The highest BCUT2D eigenvalue weighted by Gasteiger charge is 2.20. The van der Waals surface area contributed by atoms with Crippen molar-refractivity contribution in [3.05, 3.63) is 52.9 Å². The first-order valence-corrected chi connectivity index (χ1v) is 12.2. The van der Waals surface area contributed by atoms with E-state index in [0.29, 0.717) is 12.6 Å². The third-order valence-corrected chi connectivity index (χ3v) is 6.67. The van der Waals surface area contributed by atoms with Crippen LogP contribution in [0.5, 0.6) is 0 Å². The van der Waals surface area contributed by atoms with E-state index in [-0.39, 0.29) is 0 Å². The van der Waals surface area contributed by atoms with E-state index in [1.807, 2.05) is 11.3 Å². The summed E-state index contributed by atoms with van der Waals surface area (Å²) >= 11 is 1.83. The molecule has 0 amide bonds. The molecule has 0 unspecified atom stereocenters. The number of hydrogen-bond acceptors (Lipinski definition) is 4. The van der Waals surface area contributed by atoms with Gasteiger partial charge >= 0.3 is 0 Å². The maximum atomic E-state index is 4.84. The van der Waals surface area contributed by atoms with Crippen molar-refractivity contribution in [2.45, 2.75) is 52.7 Å². The molecule has 1 saturated heterocycles. The SMILES string of the molecule is CCNC(=NCc1ccc(CN(CC)CC)cc1)NC1CCN(c2cccs2)CC1. The van der Waals surface area contributed by atoms with Gasteiger partial charge in [0, 0.05) is 32.2 Å². The van der Waals surface area contributed by atoms with E-state index in [2.05, 4.69) is 83.0 Å². The first-order valence-electron chi connectivity index (χ1n) is 11.3. The number of thiophene rings is 1. The Hall–Kier alpha value is -2.05. The lowest BCUT2D eigenvalue weighted by Gasteiger charge is -2.33. The average Bonchev–Trinajstić information content (AvgIpc) is 3.32. The van der Waals surface area contributed by atoms with E-state index >= 15 is 0 Å². The molecule has 30 heavy (non-hydrogen) atoms. The summed E-state index contributed by atoms with van der Waals surface area (Å²) in [6.07, 6.45) is 2.28. The summed E-state index contributed by atoms with van der Waals surface area (Å²) in [6, 6.07) is 13.7. The number of benzene rings is 1. The van der Waals surface area contributed by atoms with Crippen LogP contribution in [0.3, 0.4) is 0 Å². The van der Waals surface area contributed by atoms with Gasteiger partial charge in [0.15, 0.2) is 5.96 Å². The Labute approximate surface area is 186 Å². The molecular weight excluding hydrogens is 390 g/mol. The number of rotatable bonds is 9. The minimum absolute atomic E-state index is 0.482. The van der Waals surface area contributed by atoms with Crippen LogP contribution in [0.2, 0.25) is 0 Å². The number of piperidine rings is 1. The lowest BCUT2D eigenvalue weighted by Crippen LogP contribution is -2.48. The van der Waals surface area contributed by atoms with Crippen LogP contribution in [-0.4, -0.2) is 49.6 Å². The number of anilines is 1. The van der Waals surface area contributed by atoms with Gasteiger partial charge < -0.3 is 15.5 Å². The van der Waals surface area contributed by atoms with Crippen molar-refractivity contribution >= 4 is 22.3 Å². The zero-order valence-corrected chi connectivity index (χ0v) is 19.5. The Kier molecular flexibility index (Phi) is 9.02. The number of aliphatic imine (C=N–C) groups is 1. The van der Waals surface area contributed by atoms with Crippen LogP contribution in [0.1, 0.15) is 44.7 Å². The Morgan fingerprint density at radius 1 is 1.07 bits per heavy atom. The van der Waals surface area contributed by atoms with Crippen molar-refractivity contribution in [1.29, 1.82) is 0 Å². The molecule has 1 aromatic heterocycles. The number of nitrogens with one attached hydrogen (secondary N) is 2. The molecule has 0 spiro atoms. The molecular formula is C24H37N5S. The minimum Gasteiger partial charge on any atom is -0.363 e. The van der Waals surface area contributed by atoms with Crippen molar-refractivity contribution in [3.63, 3.8) is 0 Å². The van der Waals surface area contributed by atoms with Crippen LogP contribution >= 0.6 is 11.3 Å². The van der Waals surface area contributed by atoms with E-state index in [4.69, 9.17) is 4.99 Å². The van der Waals surface area contributed by atoms with Crippen molar-refractivity contribution in [3.8, 4) is 0 Å². The summed E-state index contributed by atoms with van der Waals surface area (Å²) in [5, 5.41) is 10.6. The zero-order valence-electron chi connectivity index (χ0n) is 18.7. The molecule has 0 saturated carbocycles. The third-order valence-electron chi connectivity index (χ3n) is 5.74. The molecule has 0 bridgehead atoms. The van der Waals surface area contributed by atoms with Crippen molar-refractivity contribution in [1.82, 2.24) is 15.5 Å². The molecule has 5 nitrogen and oxygen atoms in total. The fourth-order valence-corrected chi connectivity index (χ4v) is 4.62. The molecule has 0 atom stereocenters. The van der Waals surface area contributed by atoms with E-state index in [1.165, 1.54) is 16.1 Å². The molecule has 1 aliphatic heterocycles. The zero-order chi connectivity index (χ0) is 21.2. The molecule has 2 N–H and O–H groups in total.